The average molecular weight is 260 g/mol. The molecule has 0 atom stereocenters. The number of hydrogen-bond acceptors (Lipinski definition) is 2. The van der Waals surface area contributed by atoms with Gasteiger partial charge >= 0.3 is 0 Å². The topological polar surface area (TPSA) is 29.3 Å². The molecule has 1 fully saturated rings. The van der Waals surface area contributed by atoms with Crippen molar-refractivity contribution >= 4 is 5.69 Å². The van der Waals surface area contributed by atoms with Crippen molar-refractivity contribution in [3.63, 3.8) is 0 Å². The van der Waals surface area contributed by atoms with E-state index in [1.165, 1.54) is 44.1 Å². The van der Waals surface area contributed by atoms with Crippen LogP contribution in [-0.2, 0) is 6.54 Å². The van der Waals surface area contributed by atoms with Crippen molar-refractivity contribution in [1.82, 2.24) is 4.90 Å². The van der Waals surface area contributed by atoms with Crippen LogP contribution in [0.4, 0.5) is 5.69 Å². The normalized spacial score (nSPS) is 17.9. The molecule has 0 unspecified atom stereocenters. The van der Waals surface area contributed by atoms with E-state index in [1.807, 2.05) is 12.1 Å². The Morgan fingerprint density at radius 2 is 1.63 bits per heavy atom. The molecule has 0 radical (unpaired) electrons. The minimum Gasteiger partial charge on any atom is -0.399 e. The molecule has 1 aliphatic carbocycles. The van der Waals surface area contributed by atoms with E-state index >= 15 is 0 Å². The summed E-state index contributed by atoms with van der Waals surface area (Å²) in [4.78, 5) is 2.68. The molecule has 2 N–H and O–H groups in total. The SMILES string of the molecule is CC(C)N(Cc1ccc(N)cc1)C1CCCCCC1. The summed E-state index contributed by atoms with van der Waals surface area (Å²) in [5, 5.41) is 0. The maximum absolute atomic E-state index is 5.77. The lowest BCUT2D eigenvalue weighted by Crippen LogP contribution is -2.39. The molecule has 1 aromatic rings. The Hall–Kier alpha value is -1.02. The zero-order valence-corrected chi connectivity index (χ0v) is 12.4. The Balaban J connectivity index is 2.04. The smallest absolute Gasteiger partial charge is 0.0314 e. The van der Waals surface area contributed by atoms with Crippen molar-refractivity contribution in [2.45, 2.75) is 71.0 Å². The lowest BCUT2D eigenvalue weighted by Gasteiger charge is -2.34. The minimum atomic E-state index is 0.612. The molecule has 0 aliphatic heterocycles. The number of rotatable bonds is 4. The lowest BCUT2D eigenvalue weighted by molar-refractivity contribution is 0.130. The predicted octanol–water partition coefficient (Wildman–Crippen LogP) is 4.20. The van der Waals surface area contributed by atoms with Crippen LogP contribution in [-0.4, -0.2) is 17.0 Å². The van der Waals surface area contributed by atoms with E-state index in [9.17, 15) is 0 Å². The molecule has 0 aromatic heterocycles. The van der Waals surface area contributed by atoms with Gasteiger partial charge in [0.2, 0.25) is 0 Å². The van der Waals surface area contributed by atoms with Crippen molar-refractivity contribution in [3.05, 3.63) is 29.8 Å². The number of hydrogen-bond donors (Lipinski definition) is 1. The van der Waals surface area contributed by atoms with Gasteiger partial charge in [0, 0.05) is 24.3 Å². The average Bonchev–Trinajstić information content (AvgIpc) is 2.66. The summed E-state index contributed by atoms with van der Waals surface area (Å²) in [5.41, 5.74) is 8.00. The van der Waals surface area contributed by atoms with E-state index in [0.717, 1.165) is 18.3 Å². The highest BCUT2D eigenvalue weighted by atomic mass is 15.2. The Labute approximate surface area is 118 Å². The fourth-order valence-electron chi connectivity index (χ4n) is 3.16. The van der Waals surface area contributed by atoms with Crippen LogP contribution in [0.3, 0.4) is 0 Å². The van der Waals surface area contributed by atoms with Crippen LogP contribution in [0.2, 0.25) is 0 Å². The van der Waals surface area contributed by atoms with Gasteiger partial charge in [-0.05, 0) is 44.4 Å². The van der Waals surface area contributed by atoms with Crippen molar-refractivity contribution in [2.75, 3.05) is 5.73 Å². The first kappa shape index (κ1) is 14.4. The predicted molar refractivity (Wildman–Crippen MR) is 83.0 cm³/mol. The molecule has 0 bridgehead atoms. The second kappa shape index (κ2) is 6.95. The van der Waals surface area contributed by atoms with Gasteiger partial charge in [-0.1, -0.05) is 37.8 Å². The summed E-state index contributed by atoms with van der Waals surface area (Å²) in [6, 6.07) is 9.74. The molecule has 0 amide bonds. The van der Waals surface area contributed by atoms with Gasteiger partial charge in [0.1, 0.15) is 0 Å². The maximum Gasteiger partial charge on any atom is 0.0314 e. The largest absolute Gasteiger partial charge is 0.399 e. The third kappa shape index (κ3) is 4.24. The van der Waals surface area contributed by atoms with Gasteiger partial charge in [-0.25, -0.2) is 0 Å². The van der Waals surface area contributed by atoms with E-state index in [4.69, 9.17) is 5.73 Å². The van der Waals surface area contributed by atoms with E-state index in [1.54, 1.807) is 0 Å². The first-order chi connectivity index (χ1) is 9.16. The minimum absolute atomic E-state index is 0.612. The summed E-state index contributed by atoms with van der Waals surface area (Å²) in [7, 11) is 0. The van der Waals surface area contributed by atoms with Crippen LogP contribution in [0, 0.1) is 0 Å². The number of benzene rings is 1. The van der Waals surface area contributed by atoms with Crippen LogP contribution >= 0.6 is 0 Å². The number of nitrogens with zero attached hydrogens (tertiary/aromatic N) is 1. The zero-order valence-electron chi connectivity index (χ0n) is 12.4. The van der Waals surface area contributed by atoms with E-state index in [-0.39, 0.29) is 0 Å². The van der Waals surface area contributed by atoms with Crippen molar-refractivity contribution in [3.8, 4) is 0 Å². The molecule has 2 nitrogen and oxygen atoms in total. The lowest BCUT2D eigenvalue weighted by atomic mass is 10.0. The molecule has 1 aromatic carbocycles. The third-order valence-corrected chi connectivity index (χ3v) is 4.30. The van der Waals surface area contributed by atoms with E-state index in [2.05, 4.69) is 30.9 Å². The summed E-state index contributed by atoms with van der Waals surface area (Å²) in [6.07, 6.45) is 8.38. The van der Waals surface area contributed by atoms with Gasteiger partial charge in [0.05, 0.1) is 0 Å². The highest BCUT2D eigenvalue weighted by molar-refractivity contribution is 5.39. The van der Waals surface area contributed by atoms with Gasteiger partial charge in [-0.2, -0.15) is 0 Å². The van der Waals surface area contributed by atoms with Gasteiger partial charge < -0.3 is 5.73 Å². The van der Waals surface area contributed by atoms with E-state index in [0.29, 0.717) is 6.04 Å². The summed E-state index contributed by atoms with van der Waals surface area (Å²) in [5.74, 6) is 0. The Morgan fingerprint density at radius 3 is 2.16 bits per heavy atom. The monoisotopic (exact) mass is 260 g/mol. The summed E-state index contributed by atoms with van der Waals surface area (Å²) < 4.78 is 0. The molecule has 1 saturated carbocycles. The van der Waals surface area contributed by atoms with Crippen LogP contribution < -0.4 is 5.73 Å². The molecule has 1 aliphatic rings. The second-order valence-corrected chi connectivity index (χ2v) is 6.15. The molecule has 2 rings (SSSR count). The summed E-state index contributed by atoms with van der Waals surface area (Å²) >= 11 is 0. The van der Waals surface area contributed by atoms with Gasteiger partial charge in [0.15, 0.2) is 0 Å². The molecule has 0 spiro atoms. The molecule has 0 heterocycles. The van der Waals surface area contributed by atoms with Crippen LogP contribution in [0.15, 0.2) is 24.3 Å². The quantitative estimate of drug-likeness (QED) is 0.649. The summed E-state index contributed by atoms with van der Waals surface area (Å²) in [6.45, 7) is 5.70. The molecule has 106 valence electrons. The number of nitrogens with two attached hydrogens (primary N) is 1. The molecule has 19 heavy (non-hydrogen) atoms. The van der Waals surface area contributed by atoms with Crippen molar-refractivity contribution in [2.24, 2.45) is 0 Å². The van der Waals surface area contributed by atoms with Crippen LogP contribution in [0.1, 0.15) is 57.9 Å². The highest BCUT2D eigenvalue weighted by Crippen LogP contribution is 2.25. The van der Waals surface area contributed by atoms with Crippen LogP contribution in [0.25, 0.3) is 0 Å². The van der Waals surface area contributed by atoms with Crippen molar-refractivity contribution < 1.29 is 0 Å². The zero-order chi connectivity index (χ0) is 13.7. The highest BCUT2D eigenvalue weighted by Gasteiger charge is 2.22. The molecule has 0 saturated heterocycles. The molecular formula is C17H28N2. The van der Waals surface area contributed by atoms with Crippen molar-refractivity contribution in [1.29, 1.82) is 0 Å². The first-order valence-electron chi connectivity index (χ1n) is 7.77. The number of nitrogen functional groups attached to an aromatic ring is 1. The fraction of sp³-hybridized carbons (Fsp3) is 0.647. The standard InChI is InChI=1S/C17H28N2/c1-14(2)19(17-7-5-3-4-6-8-17)13-15-9-11-16(18)12-10-15/h9-12,14,17H,3-8,13,18H2,1-2H3. The van der Waals surface area contributed by atoms with E-state index < -0.39 is 0 Å². The molecule has 2 heteroatoms. The Kier molecular flexibility index (Phi) is 5.26. The van der Waals surface area contributed by atoms with Gasteiger partial charge in [-0.15, -0.1) is 0 Å². The second-order valence-electron chi connectivity index (χ2n) is 6.15. The van der Waals surface area contributed by atoms with Gasteiger partial charge in [-0.3, -0.25) is 4.90 Å². The number of anilines is 1. The molecular weight excluding hydrogens is 232 g/mol. The maximum atomic E-state index is 5.77. The van der Waals surface area contributed by atoms with Crippen LogP contribution in [0.5, 0.6) is 0 Å². The van der Waals surface area contributed by atoms with Gasteiger partial charge in [0.25, 0.3) is 0 Å². The third-order valence-electron chi connectivity index (χ3n) is 4.30. The Morgan fingerprint density at radius 1 is 1.05 bits per heavy atom. The fourth-order valence-corrected chi connectivity index (χ4v) is 3.16. The first-order valence-corrected chi connectivity index (χ1v) is 7.77. The Bertz CT molecular complexity index is 361.